The summed E-state index contributed by atoms with van der Waals surface area (Å²) in [4.78, 5) is 0. The van der Waals surface area contributed by atoms with Gasteiger partial charge >= 0.3 is 0 Å². The molecule has 0 amide bonds. The fourth-order valence-corrected chi connectivity index (χ4v) is 0.265. The monoisotopic (exact) mass is 138 g/mol. The summed E-state index contributed by atoms with van der Waals surface area (Å²) >= 11 is 0. The summed E-state index contributed by atoms with van der Waals surface area (Å²) in [5.74, 6) is 0.364. The Morgan fingerprint density at radius 3 is 2.00 bits per heavy atom. The Hall–Kier alpha value is -0.920. The van der Waals surface area contributed by atoms with Crippen molar-refractivity contribution >= 4 is 0 Å². The highest BCUT2D eigenvalue weighted by Crippen LogP contribution is 2.08. The molecule has 0 saturated carbocycles. The highest BCUT2D eigenvalue weighted by atomic mass is 15.1. The molecule has 0 aromatic carbocycles. The molecule has 0 aliphatic heterocycles. The van der Waals surface area contributed by atoms with E-state index in [9.17, 15) is 0 Å². The lowest BCUT2D eigenvalue weighted by molar-refractivity contribution is 0.743. The van der Waals surface area contributed by atoms with Crippen molar-refractivity contribution in [2.45, 2.75) is 20.8 Å². The van der Waals surface area contributed by atoms with Crippen LogP contribution in [0.4, 0.5) is 0 Å². The van der Waals surface area contributed by atoms with Gasteiger partial charge in [0.15, 0.2) is 0 Å². The molecule has 2 nitrogen and oxygen atoms in total. The van der Waals surface area contributed by atoms with E-state index in [1.54, 1.807) is 6.92 Å². The van der Waals surface area contributed by atoms with Gasteiger partial charge in [0.1, 0.15) is 0 Å². The standard InChI is InChI=1S/C8H14N2/c1-6(2)8(5)10-9-7(3)4/h6H,3,5H2,1-2,4H3. The maximum atomic E-state index is 3.85. The van der Waals surface area contributed by atoms with Crippen LogP contribution in [0, 0.1) is 5.92 Å². The fraction of sp³-hybridized carbons (Fsp3) is 0.500. The lowest BCUT2D eigenvalue weighted by atomic mass is 10.2. The average Bonchev–Trinajstić information content (AvgIpc) is 1.82. The summed E-state index contributed by atoms with van der Waals surface area (Å²) in [6.45, 7) is 13.2. The van der Waals surface area contributed by atoms with Gasteiger partial charge in [0.2, 0.25) is 0 Å². The molecular formula is C8H14N2. The van der Waals surface area contributed by atoms with E-state index in [1.807, 2.05) is 13.8 Å². The average molecular weight is 138 g/mol. The van der Waals surface area contributed by atoms with E-state index in [2.05, 4.69) is 23.4 Å². The molecule has 0 aliphatic rings. The van der Waals surface area contributed by atoms with Gasteiger partial charge in [-0.25, -0.2) is 0 Å². The van der Waals surface area contributed by atoms with Crippen LogP contribution in [0.1, 0.15) is 20.8 Å². The molecule has 0 unspecified atom stereocenters. The van der Waals surface area contributed by atoms with Crippen molar-refractivity contribution in [3.63, 3.8) is 0 Å². The zero-order valence-corrected chi connectivity index (χ0v) is 6.89. The number of hydrogen-bond donors (Lipinski definition) is 0. The minimum absolute atomic E-state index is 0.364. The van der Waals surface area contributed by atoms with Gasteiger partial charge in [-0.05, 0) is 12.8 Å². The van der Waals surface area contributed by atoms with Crippen LogP contribution in [0.25, 0.3) is 0 Å². The van der Waals surface area contributed by atoms with Gasteiger partial charge in [0.25, 0.3) is 0 Å². The zero-order valence-electron chi connectivity index (χ0n) is 6.89. The van der Waals surface area contributed by atoms with Crippen LogP contribution in [-0.2, 0) is 0 Å². The van der Waals surface area contributed by atoms with E-state index in [1.165, 1.54) is 0 Å². The van der Waals surface area contributed by atoms with Gasteiger partial charge in [0.05, 0.1) is 11.4 Å². The first kappa shape index (κ1) is 9.08. The second kappa shape index (κ2) is 3.99. The molecule has 0 spiro atoms. The van der Waals surface area contributed by atoms with Crippen LogP contribution < -0.4 is 0 Å². The molecule has 0 aromatic heterocycles. The Morgan fingerprint density at radius 2 is 1.70 bits per heavy atom. The van der Waals surface area contributed by atoms with E-state index in [-0.39, 0.29) is 0 Å². The first-order chi connectivity index (χ1) is 4.54. The predicted octanol–water partition coefficient (Wildman–Crippen LogP) is 3.14. The van der Waals surface area contributed by atoms with Crippen molar-refractivity contribution in [1.29, 1.82) is 0 Å². The Labute approximate surface area is 62.4 Å². The van der Waals surface area contributed by atoms with E-state index in [4.69, 9.17) is 0 Å². The topological polar surface area (TPSA) is 24.7 Å². The molecule has 0 radical (unpaired) electrons. The van der Waals surface area contributed by atoms with Crippen molar-refractivity contribution in [3.05, 3.63) is 24.6 Å². The Morgan fingerprint density at radius 1 is 1.20 bits per heavy atom. The maximum absolute atomic E-state index is 3.85. The minimum Gasteiger partial charge on any atom is -0.156 e. The summed E-state index contributed by atoms with van der Waals surface area (Å²) in [6, 6.07) is 0. The van der Waals surface area contributed by atoms with Gasteiger partial charge in [-0.15, -0.1) is 0 Å². The molecule has 0 saturated heterocycles. The van der Waals surface area contributed by atoms with Gasteiger partial charge < -0.3 is 0 Å². The van der Waals surface area contributed by atoms with Gasteiger partial charge in [-0.1, -0.05) is 27.0 Å². The quantitative estimate of drug-likeness (QED) is 0.535. The second-order valence-electron chi connectivity index (χ2n) is 2.58. The molecule has 0 bridgehead atoms. The third-order valence-corrected chi connectivity index (χ3v) is 1.02. The van der Waals surface area contributed by atoms with Crippen LogP contribution in [0.5, 0.6) is 0 Å². The number of hydrogen-bond acceptors (Lipinski definition) is 2. The molecule has 0 aromatic rings. The van der Waals surface area contributed by atoms with Crippen molar-refractivity contribution in [3.8, 4) is 0 Å². The van der Waals surface area contributed by atoms with Gasteiger partial charge in [0, 0.05) is 0 Å². The smallest absolute Gasteiger partial charge is 0.0584 e. The molecule has 10 heavy (non-hydrogen) atoms. The molecular weight excluding hydrogens is 124 g/mol. The van der Waals surface area contributed by atoms with Gasteiger partial charge in [-0.2, -0.15) is 10.2 Å². The van der Waals surface area contributed by atoms with Crippen molar-refractivity contribution in [2.24, 2.45) is 16.1 Å². The molecule has 0 rings (SSSR count). The van der Waals surface area contributed by atoms with Crippen molar-refractivity contribution in [1.82, 2.24) is 0 Å². The largest absolute Gasteiger partial charge is 0.156 e. The lowest BCUT2D eigenvalue weighted by Crippen LogP contribution is -1.86. The minimum atomic E-state index is 0.364. The molecule has 0 atom stereocenters. The summed E-state index contributed by atoms with van der Waals surface area (Å²) in [5.41, 5.74) is 1.50. The van der Waals surface area contributed by atoms with Crippen molar-refractivity contribution < 1.29 is 0 Å². The maximum Gasteiger partial charge on any atom is 0.0584 e. The zero-order chi connectivity index (χ0) is 8.15. The highest BCUT2D eigenvalue weighted by molar-refractivity contribution is 4.95. The number of rotatable bonds is 3. The van der Waals surface area contributed by atoms with E-state index in [0.717, 1.165) is 5.70 Å². The van der Waals surface area contributed by atoms with Crippen LogP contribution in [-0.4, -0.2) is 0 Å². The number of allylic oxidation sites excluding steroid dienone is 2. The third kappa shape index (κ3) is 4.01. The normalized spacial score (nSPS) is 10.8. The van der Waals surface area contributed by atoms with Crippen LogP contribution in [0.3, 0.4) is 0 Å². The Kier molecular flexibility index (Phi) is 3.62. The Bertz CT molecular complexity index is 166. The first-order valence-corrected chi connectivity index (χ1v) is 3.30. The second-order valence-corrected chi connectivity index (χ2v) is 2.58. The molecule has 2 heteroatoms. The molecule has 0 aliphatic carbocycles. The van der Waals surface area contributed by atoms with Gasteiger partial charge in [-0.3, -0.25) is 0 Å². The van der Waals surface area contributed by atoms with E-state index >= 15 is 0 Å². The van der Waals surface area contributed by atoms with Crippen LogP contribution in [0.15, 0.2) is 34.8 Å². The Balaban J connectivity index is 3.90. The fourth-order valence-electron chi connectivity index (χ4n) is 0.265. The lowest BCUT2D eigenvalue weighted by Gasteiger charge is -1.99. The summed E-state index contributed by atoms with van der Waals surface area (Å²) in [6.07, 6.45) is 0. The first-order valence-electron chi connectivity index (χ1n) is 3.30. The van der Waals surface area contributed by atoms with Crippen LogP contribution >= 0.6 is 0 Å². The third-order valence-electron chi connectivity index (χ3n) is 1.02. The molecule has 0 fully saturated rings. The predicted molar refractivity (Wildman–Crippen MR) is 43.6 cm³/mol. The molecule has 0 heterocycles. The molecule has 0 N–H and O–H groups in total. The highest BCUT2D eigenvalue weighted by Gasteiger charge is 1.95. The summed E-state index contributed by atoms with van der Waals surface area (Å²) < 4.78 is 0. The van der Waals surface area contributed by atoms with E-state index in [0.29, 0.717) is 11.6 Å². The van der Waals surface area contributed by atoms with Crippen LogP contribution in [0.2, 0.25) is 0 Å². The van der Waals surface area contributed by atoms with E-state index < -0.39 is 0 Å². The number of nitrogens with zero attached hydrogens (tertiary/aromatic N) is 2. The van der Waals surface area contributed by atoms with Crippen molar-refractivity contribution in [2.75, 3.05) is 0 Å². The summed E-state index contributed by atoms with van der Waals surface area (Å²) in [7, 11) is 0. The SMILES string of the molecule is C=C(C)N=NC(=C)C(C)C. The molecule has 56 valence electrons. The number of azo groups is 1. The summed E-state index contributed by atoms with van der Waals surface area (Å²) in [5, 5.41) is 7.63.